The first-order chi connectivity index (χ1) is 4.18. The van der Waals surface area contributed by atoms with Crippen molar-refractivity contribution in [1.82, 2.24) is 0 Å². The molecule has 9 heavy (non-hydrogen) atoms. The molecular weight excluding hydrogens is 118 g/mol. The van der Waals surface area contributed by atoms with Gasteiger partial charge in [-0.15, -0.1) is 0 Å². The molecule has 0 amide bonds. The number of hydrogen-bond acceptors (Lipinski definition) is 3. The molecule has 0 rings (SSSR count). The summed E-state index contributed by atoms with van der Waals surface area (Å²) in [6.45, 7) is 4.73. The molecule has 0 bridgehead atoms. The van der Waals surface area contributed by atoms with Crippen LogP contribution in [-0.2, 0) is 0 Å². The average molecular weight is 129 g/mol. The van der Waals surface area contributed by atoms with Crippen LogP contribution in [0.1, 0.15) is 6.92 Å². The molecule has 0 unspecified atom stereocenters. The van der Waals surface area contributed by atoms with Crippen LogP contribution in [-0.4, -0.2) is 23.4 Å². The van der Waals surface area contributed by atoms with Crippen molar-refractivity contribution >= 4 is 0 Å². The van der Waals surface area contributed by atoms with Crippen LogP contribution < -0.4 is 0 Å². The monoisotopic (exact) mass is 129 g/mol. The highest BCUT2D eigenvalue weighted by Crippen LogP contribution is 1.74. The SMILES string of the molecule is C=C(C)C#N.OCCO. The van der Waals surface area contributed by atoms with Gasteiger partial charge in [0.2, 0.25) is 0 Å². The summed E-state index contributed by atoms with van der Waals surface area (Å²) < 4.78 is 0. The number of hydrogen-bond donors (Lipinski definition) is 2. The van der Waals surface area contributed by atoms with Crippen LogP contribution in [0, 0.1) is 11.3 Å². The Balaban J connectivity index is 0. The molecule has 0 aliphatic rings. The second kappa shape index (κ2) is 10.2. The average Bonchev–Trinajstić information content (AvgIpc) is 1.89. The predicted octanol–water partition coefficient (Wildman–Crippen LogP) is 0.0571. The summed E-state index contributed by atoms with van der Waals surface area (Å²) in [5.74, 6) is 0. The van der Waals surface area contributed by atoms with Crippen molar-refractivity contribution in [3.8, 4) is 6.07 Å². The molecule has 0 atom stereocenters. The Hall–Kier alpha value is -0.850. The number of nitrogens with zero attached hydrogens (tertiary/aromatic N) is 1. The van der Waals surface area contributed by atoms with Crippen molar-refractivity contribution in [2.75, 3.05) is 13.2 Å². The normalized spacial score (nSPS) is 6.44. The van der Waals surface area contributed by atoms with E-state index in [1.165, 1.54) is 0 Å². The molecule has 0 aromatic carbocycles. The summed E-state index contributed by atoms with van der Waals surface area (Å²) in [6.07, 6.45) is 0. The van der Waals surface area contributed by atoms with E-state index in [1.807, 2.05) is 6.07 Å². The van der Waals surface area contributed by atoms with Crippen LogP contribution in [0.3, 0.4) is 0 Å². The standard InChI is InChI=1S/C4H5N.C2H6O2/c1-4(2)3-5;3-1-2-4/h1H2,2H3;3-4H,1-2H2. The van der Waals surface area contributed by atoms with E-state index in [9.17, 15) is 0 Å². The number of aliphatic hydroxyl groups is 2. The molecule has 0 saturated heterocycles. The van der Waals surface area contributed by atoms with E-state index in [2.05, 4.69) is 6.58 Å². The lowest BCUT2D eigenvalue weighted by atomic mass is 10.4. The van der Waals surface area contributed by atoms with Crippen molar-refractivity contribution in [3.05, 3.63) is 12.2 Å². The van der Waals surface area contributed by atoms with Crippen molar-refractivity contribution in [3.63, 3.8) is 0 Å². The second-order valence-corrected chi connectivity index (χ2v) is 1.34. The first-order valence-electron chi connectivity index (χ1n) is 2.46. The Morgan fingerprint density at radius 2 is 1.78 bits per heavy atom. The Bertz CT molecular complexity index is 102. The van der Waals surface area contributed by atoms with Gasteiger partial charge in [-0.1, -0.05) is 6.58 Å². The van der Waals surface area contributed by atoms with Gasteiger partial charge in [-0.3, -0.25) is 0 Å². The Morgan fingerprint density at radius 1 is 1.56 bits per heavy atom. The fourth-order valence-electron chi connectivity index (χ4n) is 0. The molecule has 0 heterocycles. The number of nitriles is 1. The Kier molecular flexibility index (Phi) is 12.5. The highest BCUT2D eigenvalue weighted by atomic mass is 16.3. The van der Waals surface area contributed by atoms with Gasteiger partial charge in [0.05, 0.1) is 19.3 Å². The number of aliphatic hydroxyl groups excluding tert-OH is 2. The summed E-state index contributed by atoms with van der Waals surface area (Å²) in [5.41, 5.74) is 0.560. The van der Waals surface area contributed by atoms with Crippen LogP contribution >= 0.6 is 0 Å². The van der Waals surface area contributed by atoms with Crippen LogP contribution in [0.4, 0.5) is 0 Å². The summed E-state index contributed by atoms with van der Waals surface area (Å²) in [6, 6.07) is 1.83. The van der Waals surface area contributed by atoms with E-state index in [1.54, 1.807) is 6.92 Å². The maximum Gasteiger partial charge on any atom is 0.0937 e. The third-order valence-corrected chi connectivity index (χ3v) is 0.291. The van der Waals surface area contributed by atoms with Crippen LogP contribution in [0.15, 0.2) is 12.2 Å². The van der Waals surface area contributed by atoms with Gasteiger partial charge in [-0.2, -0.15) is 5.26 Å². The maximum absolute atomic E-state index is 7.79. The molecule has 0 aliphatic heterocycles. The minimum absolute atomic E-state index is 0.125. The molecule has 0 aromatic rings. The fourth-order valence-corrected chi connectivity index (χ4v) is 0. The summed E-state index contributed by atoms with van der Waals surface area (Å²) in [4.78, 5) is 0. The van der Waals surface area contributed by atoms with Gasteiger partial charge in [0.1, 0.15) is 0 Å². The lowest BCUT2D eigenvalue weighted by molar-refractivity contribution is 0.186. The van der Waals surface area contributed by atoms with Crippen molar-refractivity contribution in [2.45, 2.75) is 6.92 Å². The number of rotatable bonds is 1. The van der Waals surface area contributed by atoms with E-state index >= 15 is 0 Å². The van der Waals surface area contributed by atoms with Gasteiger partial charge in [-0.05, 0) is 6.92 Å². The van der Waals surface area contributed by atoms with Gasteiger partial charge in [0.15, 0.2) is 0 Å². The third-order valence-electron chi connectivity index (χ3n) is 0.291. The zero-order chi connectivity index (χ0) is 7.70. The molecule has 3 nitrogen and oxygen atoms in total. The fraction of sp³-hybridized carbons (Fsp3) is 0.500. The molecule has 0 saturated carbocycles. The zero-order valence-electron chi connectivity index (χ0n) is 5.46. The van der Waals surface area contributed by atoms with E-state index < -0.39 is 0 Å². The minimum atomic E-state index is -0.125. The molecule has 3 heteroatoms. The summed E-state index contributed by atoms with van der Waals surface area (Å²) in [5, 5.41) is 23.0. The lowest BCUT2D eigenvalue weighted by Crippen LogP contribution is -1.85. The quantitative estimate of drug-likeness (QED) is 0.492. The van der Waals surface area contributed by atoms with Crippen LogP contribution in [0.25, 0.3) is 0 Å². The van der Waals surface area contributed by atoms with E-state index in [0.29, 0.717) is 5.57 Å². The van der Waals surface area contributed by atoms with Gasteiger partial charge in [-0.25, -0.2) is 0 Å². The molecule has 0 spiro atoms. The Morgan fingerprint density at radius 3 is 1.78 bits per heavy atom. The molecule has 0 fully saturated rings. The van der Waals surface area contributed by atoms with Crippen LogP contribution in [0.2, 0.25) is 0 Å². The minimum Gasteiger partial charge on any atom is -0.394 e. The third kappa shape index (κ3) is 41.0. The van der Waals surface area contributed by atoms with Crippen LogP contribution in [0.5, 0.6) is 0 Å². The lowest BCUT2D eigenvalue weighted by Gasteiger charge is -1.70. The largest absolute Gasteiger partial charge is 0.394 e. The predicted molar refractivity (Wildman–Crippen MR) is 34.6 cm³/mol. The van der Waals surface area contributed by atoms with Gasteiger partial charge >= 0.3 is 0 Å². The molecule has 0 radical (unpaired) electrons. The first kappa shape index (κ1) is 11.0. The van der Waals surface area contributed by atoms with Crippen molar-refractivity contribution in [1.29, 1.82) is 5.26 Å². The van der Waals surface area contributed by atoms with Gasteiger partial charge in [0, 0.05) is 5.57 Å². The molecular formula is C6H11NO2. The highest BCUT2D eigenvalue weighted by molar-refractivity contribution is 5.11. The van der Waals surface area contributed by atoms with E-state index in [-0.39, 0.29) is 13.2 Å². The Labute approximate surface area is 54.9 Å². The van der Waals surface area contributed by atoms with E-state index in [4.69, 9.17) is 15.5 Å². The summed E-state index contributed by atoms with van der Waals surface area (Å²) in [7, 11) is 0. The van der Waals surface area contributed by atoms with Gasteiger partial charge < -0.3 is 10.2 Å². The van der Waals surface area contributed by atoms with Crippen molar-refractivity contribution < 1.29 is 10.2 Å². The number of allylic oxidation sites excluding steroid dienone is 1. The molecule has 0 aliphatic carbocycles. The topological polar surface area (TPSA) is 64.2 Å². The van der Waals surface area contributed by atoms with Gasteiger partial charge in [0.25, 0.3) is 0 Å². The van der Waals surface area contributed by atoms with E-state index in [0.717, 1.165) is 0 Å². The zero-order valence-corrected chi connectivity index (χ0v) is 5.46. The summed E-state index contributed by atoms with van der Waals surface area (Å²) >= 11 is 0. The molecule has 0 aromatic heterocycles. The second-order valence-electron chi connectivity index (χ2n) is 1.34. The molecule has 52 valence electrons. The maximum atomic E-state index is 7.79. The highest BCUT2D eigenvalue weighted by Gasteiger charge is 1.64. The smallest absolute Gasteiger partial charge is 0.0937 e. The first-order valence-corrected chi connectivity index (χ1v) is 2.46. The van der Waals surface area contributed by atoms with Crippen molar-refractivity contribution in [2.24, 2.45) is 0 Å². The molecule has 2 N–H and O–H groups in total.